The molecule has 28 heavy (non-hydrogen) atoms. The fourth-order valence-electron chi connectivity index (χ4n) is 2.81. The van der Waals surface area contributed by atoms with Gasteiger partial charge in [0.25, 0.3) is 5.91 Å². The lowest BCUT2D eigenvalue weighted by molar-refractivity contribution is -0.142. The molecular formula is C21H24BrFN2O3. The molecule has 0 saturated heterocycles. The molecule has 0 aromatic heterocycles. The highest BCUT2D eigenvalue weighted by Gasteiger charge is 2.28. The van der Waals surface area contributed by atoms with Crippen molar-refractivity contribution in [1.29, 1.82) is 0 Å². The predicted octanol–water partition coefficient (Wildman–Crippen LogP) is 3.83. The van der Waals surface area contributed by atoms with E-state index in [0.29, 0.717) is 12.2 Å². The standard InChI is InChI=1S/C21H24BrFN2O3/c1-4-19(21(27)24-3)25(12-15-5-7-16(23)8-6-15)20(26)13-28-17-9-10-18(22)14(2)11-17/h5-11,19H,4,12-13H2,1-3H3,(H,24,27)/t19-/m0/s1. The zero-order valence-electron chi connectivity index (χ0n) is 16.2. The summed E-state index contributed by atoms with van der Waals surface area (Å²) in [5.74, 6) is -0.351. The lowest BCUT2D eigenvalue weighted by atomic mass is 10.1. The van der Waals surface area contributed by atoms with E-state index in [1.807, 2.05) is 26.0 Å². The highest BCUT2D eigenvalue weighted by atomic mass is 79.9. The predicted molar refractivity (Wildman–Crippen MR) is 109 cm³/mol. The molecule has 0 bridgehead atoms. The van der Waals surface area contributed by atoms with Gasteiger partial charge in [0.1, 0.15) is 17.6 Å². The summed E-state index contributed by atoms with van der Waals surface area (Å²) < 4.78 is 19.8. The zero-order valence-corrected chi connectivity index (χ0v) is 17.8. The molecule has 0 fully saturated rings. The van der Waals surface area contributed by atoms with Crippen molar-refractivity contribution in [3.05, 3.63) is 63.9 Å². The molecule has 5 nitrogen and oxygen atoms in total. The number of ether oxygens (including phenoxy) is 1. The number of rotatable bonds is 8. The molecule has 0 aliphatic rings. The first-order chi connectivity index (χ1) is 13.3. The number of halogens is 2. The molecule has 0 aliphatic heterocycles. The van der Waals surface area contributed by atoms with E-state index in [0.717, 1.165) is 15.6 Å². The molecule has 0 saturated carbocycles. The molecule has 0 spiro atoms. The Kier molecular flexibility index (Phi) is 7.99. The number of nitrogens with zero attached hydrogens (tertiary/aromatic N) is 1. The van der Waals surface area contributed by atoms with Crippen molar-refractivity contribution in [3.8, 4) is 5.75 Å². The van der Waals surface area contributed by atoms with Crippen molar-refractivity contribution < 1.29 is 18.7 Å². The molecule has 2 amide bonds. The fourth-order valence-corrected chi connectivity index (χ4v) is 3.05. The Balaban J connectivity index is 2.18. The van der Waals surface area contributed by atoms with Gasteiger partial charge in [-0.15, -0.1) is 0 Å². The van der Waals surface area contributed by atoms with Crippen LogP contribution in [0.25, 0.3) is 0 Å². The van der Waals surface area contributed by atoms with Crippen LogP contribution in [0.15, 0.2) is 46.9 Å². The summed E-state index contributed by atoms with van der Waals surface area (Å²) >= 11 is 3.43. The van der Waals surface area contributed by atoms with Crippen molar-refractivity contribution in [3.63, 3.8) is 0 Å². The molecule has 2 aromatic carbocycles. The molecule has 0 unspecified atom stereocenters. The third-order valence-corrected chi connectivity index (χ3v) is 5.28. The minimum atomic E-state index is -0.641. The number of carbonyl (C=O) groups excluding carboxylic acids is 2. The van der Waals surface area contributed by atoms with Gasteiger partial charge in [-0.25, -0.2) is 4.39 Å². The summed E-state index contributed by atoms with van der Waals surface area (Å²) in [6.07, 6.45) is 0.448. The lowest BCUT2D eigenvalue weighted by Crippen LogP contribution is -2.49. The second-order valence-corrected chi connectivity index (χ2v) is 7.24. The molecule has 0 heterocycles. The summed E-state index contributed by atoms with van der Waals surface area (Å²) in [7, 11) is 1.53. The van der Waals surface area contributed by atoms with Gasteiger partial charge in [-0.2, -0.15) is 0 Å². The average molecular weight is 451 g/mol. The van der Waals surface area contributed by atoms with E-state index in [1.54, 1.807) is 18.2 Å². The Morgan fingerprint density at radius 3 is 2.46 bits per heavy atom. The van der Waals surface area contributed by atoms with Gasteiger partial charge in [-0.05, 0) is 54.8 Å². The Morgan fingerprint density at radius 2 is 1.89 bits per heavy atom. The number of hydrogen-bond acceptors (Lipinski definition) is 3. The minimum absolute atomic E-state index is 0.188. The number of likely N-dealkylation sites (N-methyl/N-ethyl adjacent to an activating group) is 1. The van der Waals surface area contributed by atoms with Gasteiger partial charge >= 0.3 is 0 Å². The Hall–Kier alpha value is -2.41. The number of amides is 2. The van der Waals surface area contributed by atoms with E-state index in [9.17, 15) is 14.0 Å². The van der Waals surface area contributed by atoms with Crippen LogP contribution in [0.3, 0.4) is 0 Å². The van der Waals surface area contributed by atoms with Crippen LogP contribution in [0.5, 0.6) is 5.75 Å². The second kappa shape index (κ2) is 10.2. The summed E-state index contributed by atoms with van der Waals surface area (Å²) in [5.41, 5.74) is 1.72. The van der Waals surface area contributed by atoms with E-state index in [-0.39, 0.29) is 30.8 Å². The monoisotopic (exact) mass is 450 g/mol. The van der Waals surface area contributed by atoms with Crippen LogP contribution in [0, 0.1) is 12.7 Å². The van der Waals surface area contributed by atoms with E-state index < -0.39 is 6.04 Å². The Morgan fingerprint density at radius 1 is 1.21 bits per heavy atom. The number of aryl methyl sites for hydroxylation is 1. The molecular weight excluding hydrogens is 427 g/mol. The summed E-state index contributed by atoms with van der Waals surface area (Å²) in [6, 6.07) is 10.7. The van der Waals surface area contributed by atoms with Crippen molar-refractivity contribution >= 4 is 27.7 Å². The van der Waals surface area contributed by atoms with Crippen LogP contribution in [0.4, 0.5) is 4.39 Å². The van der Waals surface area contributed by atoms with Crippen LogP contribution in [0.2, 0.25) is 0 Å². The van der Waals surface area contributed by atoms with Crippen LogP contribution in [0.1, 0.15) is 24.5 Å². The average Bonchev–Trinajstić information content (AvgIpc) is 2.69. The number of nitrogens with one attached hydrogen (secondary N) is 1. The molecule has 1 N–H and O–H groups in total. The normalized spacial score (nSPS) is 11.6. The van der Waals surface area contributed by atoms with Crippen molar-refractivity contribution in [2.75, 3.05) is 13.7 Å². The van der Waals surface area contributed by atoms with Crippen molar-refractivity contribution in [2.45, 2.75) is 32.9 Å². The SMILES string of the molecule is CC[C@@H](C(=O)NC)N(Cc1ccc(F)cc1)C(=O)COc1ccc(Br)c(C)c1. The first kappa shape index (κ1) is 21.9. The van der Waals surface area contributed by atoms with Gasteiger partial charge in [-0.1, -0.05) is 35.0 Å². The molecule has 7 heteroatoms. The molecule has 0 radical (unpaired) electrons. The number of benzene rings is 2. The molecule has 0 aliphatic carbocycles. The van der Waals surface area contributed by atoms with Crippen LogP contribution >= 0.6 is 15.9 Å². The van der Waals surface area contributed by atoms with Crippen molar-refractivity contribution in [2.24, 2.45) is 0 Å². The Bertz CT molecular complexity index is 827. The van der Waals surface area contributed by atoms with Gasteiger partial charge in [-0.3, -0.25) is 9.59 Å². The first-order valence-corrected chi connectivity index (χ1v) is 9.79. The van der Waals surface area contributed by atoms with E-state index in [1.165, 1.54) is 24.1 Å². The molecule has 150 valence electrons. The summed E-state index contributed by atoms with van der Waals surface area (Å²) in [4.78, 5) is 26.6. The van der Waals surface area contributed by atoms with Gasteiger partial charge < -0.3 is 15.0 Å². The highest BCUT2D eigenvalue weighted by molar-refractivity contribution is 9.10. The molecule has 2 aromatic rings. The second-order valence-electron chi connectivity index (χ2n) is 6.39. The first-order valence-electron chi connectivity index (χ1n) is 9.00. The third-order valence-electron chi connectivity index (χ3n) is 4.39. The third kappa shape index (κ3) is 5.79. The number of hydrogen-bond donors (Lipinski definition) is 1. The lowest BCUT2D eigenvalue weighted by Gasteiger charge is -2.30. The van der Waals surface area contributed by atoms with Gasteiger partial charge in [0, 0.05) is 18.1 Å². The quantitative estimate of drug-likeness (QED) is 0.664. The zero-order chi connectivity index (χ0) is 20.7. The summed E-state index contributed by atoms with van der Waals surface area (Å²) in [5, 5.41) is 2.59. The van der Waals surface area contributed by atoms with Gasteiger partial charge in [0.2, 0.25) is 5.91 Å². The molecule has 2 rings (SSSR count). The maximum Gasteiger partial charge on any atom is 0.261 e. The van der Waals surface area contributed by atoms with Crippen LogP contribution in [-0.2, 0) is 16.1 Å². The van der Waals surface area contributed by atoms with E-state index in [2.05, 4.69) is 21.2 Å². The summed E-state index contributed by atoms with van der Waals surface area (Å²) in [6.45, 7) is 3.76. The topological polar surface area (TPSA) is 58.6 Å². The Labute approximate surface area is 173 Å². The molecule has 1 atom stereocenters. The van der Waals surface area contributed by atoms with Gasteiger partial charge in [0.15, 0.2) is 6.61 Å². The van der Waals surface area contributed by atoms with E-state index >= 15 is 0 Å². The van der Waals surface area contributed by atoms with Crippen LogP contribution < -0.4 is 10.1 Å². The van der Waals surface area contributed by atoms with Crippen LogP contribution in [-0.4, -0.2) is 36.4 Å². The number of carbonyl (C=O) groups is 2. The fraction of sp³-hybridized carbons (Fsp3) is 0.333. The minimum Gasteiger partial charge on any atom is -0.484 e. The largest absolute Gasteiger partial charge is 0.484 e. The maximum atomic E-state index is 13.2. The van der Waals surface area contributed by atoms with Gasteiger partial charge in [0.05, 0.1) is 0 Å². The highest BCUT2D eigenvalue weighted by Crippen LogP contribution is 2.22. The smallest absolute Gasteiger partial charge is 0.261 e. The van der Waals surface area contributed by atoms with Crippen molar-refractivity contribution in [1.82, 2.24) is 10.2 Å². The maximum absolute atomic E-state index is 13.2. The van der Waals surface area contributed by atoms with E-state index in [4.69, 9.17) is 4.74 Å².